The van der Waals surface area contributed by atoms with Crippen molar-refractivity contribution in [3.8, 4) is 11.6 Å². The van der Waals surface area contributed by atoms with Crippen LogP contribution in [0.5, 0.6) is 11.6 Å². The van der Waals surface area contributed by atoms with Gasteiger partial charge < -0.3 is 9.94 Å². The van der Waals surface area contributed by atoms with Gasteiger partial charge in [0.05, 0.1) is 20.5 Å². The number of ether oxygens (including phenoxy) is 1. The van der Waals surface area contributed by atoms with Crippen LogP contribution in [-0.4, -0.2) is 13.4 Å². The molecule has 1 aromatic carbocycles. The van der Waals surface area contributed by atoms with Gasteiger partial charge in [-0.3, -0.25) is 4.72 Å². The Morgan fingerprint density at radius 1 is 1.10 bits per heavy atom. The van der Waals surface area contributed by atoms with Crippen LogP contribution in [-0.2, 0) is 16.2 Å². The Morgan fingerprint density at radius 3 is 2.40 bits per heavy atom. The number of aromatic nitrogens is 2. The molecule has 30 heavy (non-hydrogen) atoms. The molecule has 0 radical (unpaired) electrons. The van der Waals surface area contributed by atoms with E-state index in [1.807, 2.05) is 0 Å². The van der Waals surface area contributed by atoms with Crippen molar-refractivity contribution in [3.63, 3.8) is 0 Å². The number of pyridine rings is 2. The third-order valence-electron chi connectivity index (χ3n) is 3.60. The molecule has 3 aromatic rings. The molecule has 13 heteroatoms. The van der Waals surface area contributed by atoms with E-state index >= 15 is 0 Å². The first-order valence-electron chi connectivity index (χ1n) is 7.87. The van der Waals surface area contributed by atoms with Gasteiger partial charge in [-0.15, -0.1) is 0 Å². The number of hydrogen-bond donors (Lipinski definition) is 1. The van der Waals surface area contributed by atoms with Gasteiger partial charge in [0.25, 0.3) is 10.0 Å². The number of sulfonamides is 1. The Balaban J connectivity index is 1.97. The second kappa shape index (κ2) is 8.17. The fraction of sp³-hybridized carbons (Fsp3) is 0.0588. The normalized spacial score (nSPS) is 11.9. The molecular formula is C17H10Cl2F3N3O4S. The molecule has 7 nitrogen and oxygen atoms in total. The van der Waals surface area contributed by atoms with Crippen molar-refractivity contribution in [3.05, 3.63) is 75.8 Å². The predicted octanol–water partition coefficient (Wildman–Crippen LogP) is 4.63. The first-order chi connectivity index (χ1) is 14.0. The summed E-state index contributed by atoms with van der Waals surface area (Å²) in [7, 11) is -4.49. The van der Waals surface area contributed by atoms with Crippen molar-refractivity contribution in [1.82, 2.24) is 4.98 Å². The standard InChI is InChI=1S/C17H10Cl2F3N3O4S/c18-10-7-15(16(23-9-10)29-11-3-5-25(26)6-4-11)24-30(27,28)12-1-2-14(19)13(8-12)17(20,21)22/h1-9,24H. The minimum atomic E-state index is -4.85. The van der Waals surface area contributed by atoms with Gasteiger partial charge in [0.1, 0.15) is 11.4 Å². The third kappa shape index (κ3) is 5.04. The third-order valence-corrected chi connectivity index (χ3v) is 5.50. The number of alkyl halides is 3. The SMILES string of the molecule is O=S(=O)(Nc1cc(Cl)cnc1Oc1cc[n+]([O-])cc1)c1ccc(Cl)c(C(F)(F)F)c1. The van der Waals surface area contributed by atoms with E-state index in [1.165, 1.54) is 24.4 Å². The molecule has 158 valence electrons. The van der Waals surface area contributed by atoms with Crippen LogP contribution in [0.1, 0.15) is 5.56 Å². The minimum Gasteiger partial charge on any atom is -0.619 e. The topological polar surface area (TPSA) is 95.2 Å². The van der Waals surface area contributed by atoms with Crippen LogP contribution in [0.2, 0.25) is 10.0 Å². The zero-order valence-corrected chi connectivity index (χ0v) is 16.8. The summed E-state index contributed by atoms with van der Waals surface area (Å²) in [5, 5.41) is 10.5. The second-order valence-corrected chi connectivity index (χ2v) is 8.27. The summed E-state index contributed by atoms with van der Waals surface area (Å²) in [5.74, 6) is -0.0835. The molecule has 2 aromatic heterocycles. The molecule has 0 aliphatic heterocycles. The number of nitrogens with zero attached hydrogens (tertiary/aromatic N) is 2. The fourth-order valence-electron chi connectivity index (χ4n) is 2.25. The fourth-order valence-corrected chi connectivity index (χ4v) is 3.71. The summed E-state index contributed by atoms with van der Waals surface area (Å²) in [5.41, 5.74) is -1.53. The quantitative estimate of drug-likeness (QED) is 0.425. The van der Waals surface area contributed by atoms with Gasteiger partial charge in [-0.25, -0.2) is 13.4 Å². The Morgan fingerprint density at radius 2 is 1.77 bits per heavy atom. The zero-order valence-electron chi connectivity index (χ0n) is 14.5. The molecule has 0 aliphatic rings. The van der Waals surface area contributed by atoms with Gasteiger partial charge in [0.15, 0.2) is 12.4 Å². The second-order valence-electron chi connectivity index (χ2n) is 5.75. The van der Waals surface area contributed by atoms with E-state index in [0.717, 1.165) is 24.5 Å². The lowest BCUT2D eigenvalue weighted by Gasteiger charge is -2.14. The molecule has 0 aliphatic carbocycles. The smallest absolute Gasteiger partial charge is 0.417 e. The van der Waals surface area contributed by atoms with E-state index in [-0.39, 0.29) is 22.3 Å². The van der Waals surface area contributed by atoms with Crippen LogP contribution < -0.4 is 14.2 Å². The maximum atomic E-state index is 13.1. The maximum Gasteiger partial charge on any atom is 0.417 e. The molecule has 0 spiro atoms. The molecule has 0 fully saturated rings. The van der Waals surface area contributed by atoms with Crippen LogP contribution in [0.25, 0.3) is 0 Å². The highest BCUT2D eigenvalue weighted by Gasteiger charge is 2.34. The maximum absolute atomic E-state index is 13.1. The van der Waals surface area contributed by atoms with Crippen LogP contribution in [0.4, 0.5) is 18.9 Å². The van der Waals surface area contributed by atoms with E-state index in [0.29, 0.717) is 10.8 Å². The van der Waals surface area contributed by atoms with E-state index in [1.54, 1.807) is 0 Å². The average Bonchev–Trinajstić information content (AvgIpc) is 2.64. The van der Waals surface area contributed by atoms with Crippen molar-refractivity contribution in [2.75, 3.05) is 4.72 Å². The van der Waals surface area contributed by atoms with E-state index in [9.17, 15) is 26.8 Å². The van der Waals surface area contributed by atoms with E-state index in [2.05, 4.69) is 9.71 Å². The Labute approximate surface area is 178 Å². The van der Waals surface area contributed by atoms with Gasteiger partial charge in [-0.2, -0.15) is 17.9 Å². The Kier molecular flexibility index (Phi) is 5.97. The number of rotatable bonds is 5. The molecule has 0 saturated heterocycles. The number of halogens is 5. The monoisotopic (exact) mass is 479 g/mol. The summed E-state index contributed by atoms with van der Waals surface area (Å²) >= 11 is 11.4. The van der Waals surface area contributed by atoms with Crippen LogP contribution >= 0.6 is 23.2 Å². The van der Waals surface area contributed by atoms with Crippen LogP contribution in [0, 0.1) is 5.21 Å². The van der Waals surface area contributed by atoms with Gasteiger partial charge >= 0.3 is 6.18 Å². The van der Waals surface area contributed by atoms with E-state index in [4.69, 9.17) is 27.9 Å². The minimum absolute atomic E-state index is 0.0394. The summed E-state index contributed by atoms with van der Waals surface area (Å²) in [4.78, 5) is 3.19. The zero-order chi connectivity index (χ0) is 22.1. The molecule has 1 N–H and O–H groups in total. The molecule has 3 rings (SSSR count). The van der Waals surface area contributed by atoms with Crippen molar-refractivity contribution in [2.45, 2.75) is 11.1 Å². The van der Waals surface area contributed by atoms with Gasteiger partial charge in [0.2, 0.25) is 5.88 Å². The number of benzene rings is 1. The summed E-state index contributed by atoms with van der Waals surface area (Å²) in [6.45, 7) is 0. The lowest BCUT2D eigenvalue weighted by Crippen LogP contribution is -2.23. The first kappa shape index (κ1) is 21.9. The highest BCUT2D eigenvalue weighted by molar-refractivity contribution is 7.92. The van der Waals surface area contributed by atoms with Crippen LogP contribution in [0.15, 0.2) is 59.9 Å². The largest absolute Gasteiger partial charge is 0.619 e. The molecule has 0 unspecified atom stereocenters. The summed E-state index contributed by atoms with van der Waals surface area (Å²) in [6, 6.07) is 5.93. The van der Waals surface area contributed by atoms with Gasteiger partial charge in [0, 0.05) is 18.3 Å². The van der Waals surface area contributed by atoms with Crippen molar-refractivity contribution in [2.24, 2.45) is 0 Å². The average molecular weight is 480 g/mol. The lowest BCUT2D eigenvalue weighted by molar-refractivity contribution is -0.605. The molecular weight excluding hydrogens is 470 g/mol. The van der Waals surface area contributed by atoms with Crippen molar-refractivity contribution >= 4 is 38.9 Å². The first-order valence-corrected chi connectivity index (χ1v) is 10.1. The lowest BCUT2D eigenvalue weighted by atomic mass is 10.2. The Hall–Kier alpha value is -2.76. The number of nitrogens with one attached hydrogen (secondary N) is 1. The number of anilines is 1. The molecule has 0 bridgehead atoms. The van der Waals surface area contributed by atoms with Gasteiger partial charge in [-0.05, 0) is 24.3 Å². The Bertz CT molecular complexity index is 1190. The van der Waals surface area contributed by atoms with Gasteiger partial charge in [-0.1, -0.05) is 23.2 Å². The highest BCUT2D eigenvalue weighted by atomic mass is 35.5. The summed E-state index contributed by atoms with van der Waals surface area (Å²) < 4.78 is 72.6. The predicted molar refractivity (Wildman–Crippen MR) is 102 cm³/mol. The van der Waals surface area contributed by atoms with Crippen LogP contribution in [0.3, 0.4) is 0 Å². The van der Waals surface area contributed by atoms with Crippen molar-refractivity contribution < 1.29 is 31.1 Å². The molecule has 2 heterocycles. The molecule has 0 amide bonds. The molecule has 0 saturated carbocycles. The summed E-state index contributed by atoms with van der Waals surface area (Å²) in [6.07, 6.45) is -1.39. The van der Waals surface area contributed by atoms with E-state index < -0.39 is 31.7 Å². The molecule has 0 atom stereocenters. The van der Waals surface area contributed by atoms with Crippen molar-refractivity contribution in [1.29, 1.82) is 0 Å². The highest BCUT2D eigenvalue weighted by Crippen LogP contribution is 2.37. The number of hydrogen-bond acceptors (Lipinski definition) is 5.